The van der Waals surface area contributed by atoms with Crippen molar-refractivity contribution in [3.63, 3.8) is 0 Å². The highest BCUT2D eigenvalue weighted by Crippen LogP contribution is 2.44. The molecular formula is C27H22BrNO. The summed E-state index contributed by atoms with van der Waals surface area (Å²) in [5.74, 6) is 0.218. The van der Waals surface area contributed by atoms with Gasteiger partial charge >= 0.3 is 0 Å². The predicted octanol–water partition coefficient (Wildman–Crippen LogP) is 6.98. The number of fused-ring (bicyclic) bond motifs is 3. The normalized spacial score (nSPS) is 16.0. The van der Waals surface area contributed by atoms with Crippen LogP contribution < -0.4 is 4.90 Å². The van der Waals surface area contributed by atoms with E-state index < -0.39 is 0 Å². The lowest BCUT2D eigenvalue weighted by molar-refractivity contribution is -0.119. The van der Waals surface area contributed by atoms with E-state index in [9.17, 15) is 4.79 Å². The molecule has 1 unspecified atom stereocenters. The Balaban J connectivity index is 1.70. The van der Waals surface area contributed by atoms with Crippen LogP contribution in [0, 0.1) is 6.92 Å². The molecule has 2 nitrogen and oxygen atoms in total. The second kappa shape index (κ2) is 7.73. The quantitative estimate of drug-likeness (QED) is 0.326. The fourth-order valence-corrected chi connectivity index (χ4v) is 4.96. The molecule has 0 saturated carbocycles. The first-order chi connectivity index (χ1) is 14.6. The smallest absolute Gasteiger partial charge is 0.228 e. The average molecular weight is 456 g/mol. The second-order valence-electron chi connectivity index (χ2n) is 7.94. The molecule has 4 aromatic carbocycles. The van der Waals surface area contributed by atoms with E-state index in [1.54, 1.807) is 0 Å². The topological polar surface area (TPSA) is 20.3 Å². The SMILES string of the molecule is Cc1ccccc1CN1C(=O)CC(c2cccc(Br)c2)c2c1ccc1ccccc21. The van der Waals surface area contributed by atoms with Gasteiger partial charge in [-0.15, -0.1) is 0 Å². The lowest BCUT2D eigenvalue weighted by Crippen LogP contribution is -2.36. The van der Waals surface area contributed by atoms with Crippen LogP contribution in [0.25, 0.3) is 10.8 Å². The largest absolute Gasteiger partial charge is 0.308 e. The van der Waals surface area contributed by atoms with Gasteiger partial charge in [-0.2, -0.15) is 0 Å². The van der Waals surface area contributed by atoms with Crippen LogP contribution in [0.2, 0.25) is 0 Å². The molecule has 30 heavy (non-hydrogen) atoms. The summed E-state index contributed by atoms with van der Waals surface area (Å²) in [6, 6.07) is 29.4. The predicted molar refractivity (Wildman–Crippen MR) is 127 cm³/mol. The van der Waals surface area contributed by atoms with E-state index in [1.807, 2.05) is 29.2 Å². The molecule has 1 heterocycles. The van der Waals surface area contributed by atoms with Crippen LogP contribution in [-0.4, -0.2) is 5.91 Å². The number of carbonyl (C=O) groups excluding carboxylic acids is 1. The highest BCUT2D eigenvalue weighted by atomic mass is 79.9. The summed E-state index contributed by atoms with van der Waals surface area (Å²) in [5, 5.41) is 2.43. The summed E-state index contributed by atoms with van der Waals surface area (Å²) in [6.45, 7) is 2.71. The van der Waals surface area contributed by atoms with Crippen molar-refractivity contribution < 1.29 is 4.79 Å². The Labute approximate surface area is 185 Å². The number of hydrogen-bond acceptors (Lipinski definition) is 1. The minimum absolute atomic E-state index is 0.0456. The molecule has 1 atom stereocenters. The molecule has 1 amide bonds. The highest BCUT2D eigenvalue weighted by Gasteiger charge is 2.33. The van der Waals surface area contributed by atoms with Crippen molar-refractivity contribution in [3.05, 3.63) is 112 Å². The Kier molecular flexibility index (Phi) is 4.92. The molecule has 0 aliphatic carbocycles. The van der Waals surface area contributed by atoms with Crippen LogP contribution in [0.5, 0.6) is 0 Å². The lowest BCUT2D eigenvalue weighted by Gasteiger charge is -2.35. The van der Waals surface area contributed by atoms with Crippen molar-refractivity contribution >= 4 is 38.3 Å². The van der Waals surface area contributed by atoms with Gasteiger partial charge in [-0.1, -0.05) is 82.7 Å². The average Bonchev–Trinajstić information content (AvgIpc) is 2.76. The molecule has 148 valence electrons. The van der Waals surface area contributed by atoms with E-state index in [0.29, 0.717) is 13.0 Å². The van der Waals surface area contributed by atoms with Crippen molar-refractivity contribution in [1.29, 1.82) is 0 Å². The van der Waals surface area contributed by atoms with Gasteiger partial charge in [0, 0.05) is 22.5 Å². The van der Waals surface area contributed by atoms with E-state index >= 15 is 0 Å². The number of rotatable bonds is 3. The molecule has 4 aromatic rings. The molecular weight excluding hydrogens is 434 g/mol. The monoisotopic (exact) mass is 455 g/mol. The van der Waals surface area contributed by atoms with Crippen LogP contribution in [0.4, 0.5) is 5.69 Å². The molecule has 0 radical (unpaired) electrons. The van der Waals surface area contributed by atoms with Crippen LogP contribution in [0.15, 0.2) is 89.4 Å². The van der Waals surface area contributed by atoms with Gasteiger partial charge in [0.25, 0.3) is 0 Å². The first-order valence-corrected chi connectivity index (χ1v) is 11.0. The second-order valence-corrected chi connectivity index (χ2v) is 8.85. The fourth-order valence-electron chi connectivity index (χ4n) is 4.55. The molecule has 5 rings (SSSR count). The van der Waals surface area contributed by atoms with Crippen molar-refractivity contribution in [3.8, 4) is 0 Å². The summed E-state index contributed by atoms with van der Waals surface area (Å²) in [4.78, 5) is 15.4. The summed E-state index contributed by atoms with van der Waals surface area (Å²) in [5.41, 5.74) is 5.84. The van der Waals surface area contributed by atoms with Crippen molar-refractivity contribution in [2.24, 2.45) is 0 Å². The number of hydrogen-bond donors (Lipinski definition) is 0. The minimum Gasteiger partial charge on any atom is -0.308 e. The zero-order valence-corrected chi connectivity index (χ0v) is 18.4. The van der Waals surface area contributed by atoms with Gasteiger partial charge < -0.3 is 4.90 Å². The first-order valence-electron chi connectivity index (χ1n) is 10.2. The zero-order chi connectivity index (χ0) is 20.7. The molecule has 0 saturated heterocycles. The third-order valence-corrected chi connectivity index (χ3v) is 6.60. The zero-order valence-electron chi connectivity index (χ0n) is 16.8. The third-order valence-electron chi connectivity index (χ3n) is 6.11. The van der Waals surface area contributed by atoms with Gasteiger partial charge in [0.15, 0.2) is 0 Å². The lowest BCUT2D eigenvalue weighted by atomic mass is 9.81. The number of nitrogens with zero attached hydrogens (tertiary/aromatic N) is 1. The molecule has 3 heteroatoms. The summed E-state index contributed by atoms with van der Waals surface area (Å²) >= 11 is 3.60. The van der Waals surface area contributed by atoms with Gasteiger partial charge in [0.2, 0.25) is 5.91 Å². The maximum Gasteiger partial charge on any atom is 0.228 e. The minimum atomic E-state index is 0.0456. The van der Waals surface area contributed by atoms with Gasteiger partial charge in [-0.05, 0) is 58.1 Å². The number of carbonyl (C=O) groups is 1. The number of halogens is 1. The summed E-state index contributed by atoms with van der Waals surface area (Å²) in [7, 11) is 0. The number of amides is 1. The number of benzene rings is 4. The van der Waals surface area contributed by atoms with Crippen molar-refractivity contribution in [2.45, 2.75) is 25.8 Å². The van der Waals surface area contributed by atoms with Crippen molar-refractivity contribution in [2.75, 3.05) is 4.90 Å². The van der Waals surface area contributed by atoms with Crippen LogP contribution in [-0.2, 0) is 11.3 Å². The van der Waals surface area contributed by atoms with E-state index in [1.165, 1.54) is 33.0 Å². The number of aryl methyl sites for hydroxylation is 1. The third kappa shape index (κ3) is 3.33. The van der Waals surface area contributed by atoms with Crippen molar-refractivity contribution in [1.82, 2.24) is 0 Å². The molecule has 0 fully saturated rings. The van der Waals surface area contributed by atoms with Gasteiger partial charge in [-0.25, -0.2) is 0 Å². The highest BCUT2D eigenvalue weighted by molar-refractivity contribution is 9.10. The van der Waals surface area contributed by atoms with Gasteiger partial charge in [0.05, 0.1) is 6.54 Å². The standard InChI is InChI=1S/C27H22BrNO/c1-18-7-2-3-9-21(18)17-29-25-14-13-19-8-4-5-12-23(19)27(25)24(16-26(29)30)20-10-6-11-22(28)15-20/h2-15,24H,16-17H2,1H3. The van der Waals surface area contributed by atoms with Crippen LogP contribution in [0.1, 0.15) is 34.6 Å². The van der Waals surface area contributed by atoms with Crippen LogP contribution >= 0.6 is 15.9 Å². The molecule has 0 N–H and O–H groups in total. The Morgan fingerprint density at radius 1 is 0.933 bits per heavy atom. The molecule has 0 spiro atoms. The maximum absolute atomic E-state index is 13.4. The Morgan fingerprint density at radius 3 is 2.57 bits per heavy atom. The van der Waals surface area contributed by atoms with Gasteiger partial charge in [-0.3, -0.25) is 4.79 Å². The molecule has 0 aromatic heterocycles. The Bertz CT molecular complexity index is 1260. The Hall–Kier alpha value is -2.91. The summed E-state index contributed by atoms with van der Waals surface area (Å²) in [6.07, 6.45) is 0.476. The first kappa shape index (κ1) is 19.1. The van der Waals surface area contributed by atoms with Crippen LogP contribution in [0.3, 0.4) is 0 Å². The van der Waals surface area contributed by atoms with Gasteiger partial charge in [0.1, 0.15) is 0 Å². The van der Waals surface area contributed by atoms with E-state index in [0.717, 1.165) is 10.2 Å². The molecule has 0 bridgehead atoms. The Morgan fingerprint density at radius 2 is 1.73 bits per heavy atom. The van der Waals surface area contributed by atoms with E-state index in [2.05, 4.69) is 83.5 Å². The maximum atomic E-state index is 13.4. The van der Waals surface area contributed by atoms with E-state index in [4.69, 9.17) is 0 Å². The summed E-state index contributed by atoms with van der Waals surface area (Å²) < 4.78 is 1.04. The molecule has 1 aliphatic heterocycles. The van der Waals surface area contributed by atoms with E-state index in [-0.39, 0.29) is 11.8 Å². The fraction of sp³-hybridized carbons (Fsp3) is 0.148. The molecule has 1 aliphatic rings. The number of anilines is 1.